The fourth-order valence-electron chi connectivity index (χ4n) is 2.46. The second kappa shape index (κ2) is 6.20. The highest BCUT2D eigenvalue weighted by atomic mass is 32.1. The van der Waals surface area contributed by atoms with Crippen LogP contribution >= 0.6 is 45.3 Å². The van der Waals surface area contributed by atoms with Crippen molar-refractivity contribution in [2.24, 2.45) is 0 Å². The Hall–Kier alpha value is -1.47. The summed E-state index contributed by atoms with van der Waals surface area (Å²) >= 11 is 6.68. The van der Waals surface area contributed by atoms with Gasteiger partial charge in [0.15, 0.2) is 0 Å². The van der Waals surface area contributed by atoms with Crippen LogP contribution < -0.4 is 0 Å². The Labute approximate surface area is 149 Å². The zero-order chi connectivity index (χ0) is 15.8. The maximum absolute atomic E-state index is 12.0. The van der Waals surface area contributed by atoms with E-state index in [1.165, 1.54) is 37.6 Å². The van der Waals surface area contributed by atoms with Gasteiger partial charge in [-0.15, -0.1) is 22.7 Å². The summed E-state index contributed by atoms with van der Waals surface area (Å²) in [5, 5.41) is 8.54. The highest BCUT2D eigenvalue weighted by Crippen LogP contribution is 2.48. The number of hydrogen-bond acceptors (Lipinski definition) is 6. The van der Waals surface area contributed by atoms with E-state index in [0.29, 0.717) is 11.5 Å². The molecule has 0 aromatic carbocycles. The zero-order valence-corrected chi connectivity index (χ0v) is 15.5. The van der Waals surface area contributed by atoms with Crippen molar-refractivity contribution >= 4 is 60.7 Å². The van der Waals surface area contributed by atoms with Gasteiger partial charge < -0.3 is 4.74 Å². The molecule has 0 bridgehead atoms. The highest BCUT2D eigenvalue weighted by molar-refractivity contribution is 7.31. The van der Waals surface area contributed by atoms with Crippen molar-refractivity contribution in [3.05, 3.63) is 44.6 Å². The molecule has 0 aliphatic carbocycles. The van der Waals surface area contributed by atoms with Crippen molar-refractivity contribution in [2.75, 3.05) is 6.61 Å². The molecule has 2 nitrogen and oxygen atoms in total. The van der Waals surface area contributed by atoms with E-state index in [0.717, 1.165) is 4.70 Å². The van der Waals surface area contributed by atoms with Gasteiger partial charge >= 0.3 is 5.97 Å². The standard InChI is InChI=1S/C17H12O2S4/c1-2-19-17(18)13-7-12-16(23-13)14(10-3-5-20-8-10)15(22-12)11-4-6-21-9-11/h3-9H,2H2,1H3. The molecule has 4 aromatic rings. The van der Waals surface area contributed by atoms with E-state index in [4.69, 9.17) is 4.74 Å². The van der Waals surface area contributed by atoms with Crippen molar-refractivity contribution in [1.82, 2.24) is 0 Å². The molecule has 0 N–H and O–H groups in total. The minimum absolute atomic E-state index is 0.228. The molecule has 4 rings (SSSR count). The minimum Gasteiger partial charge on any atom is -0.462 e. The van der Waals surface area contributed by atoms with Crippen LogP contribution in [0.1, 0.15) is 16.6 Å². The third-order valence-corrected chi connectivity index (χ3v) is 7.25. The molecule has 4 aromatic heterocycles. The van der Waals surface area contributed by atoms with Crippen LogP contribution in [0, 0.1) is 0 Å². The largest absolute Gasteiger partial charge is 0.462 e. The molecule has 0 spiro atoms. The molecule has 0 saturated heterocycles. The van der Waals surface area contributed by atoms with Crippen molar-refractivity contribution in [2.45, 2.75) is 6.92 Å². The lowest BCUT2D eigenvalue weighted by Gasteiger charge is -2.01. The van der Waals surface area contributed by atoms with Crippen molar-refractivity contribution < 1.29 is 9.53 Å². The molecular formula is C17H12O2S4. The summed E-state index contributed by atoms with van der Waals surface area (Å²) in [5.74, 6) is -0.228. The maximum atomic E-state index is 12.0. The van der Waals surface area contributed by atoms with Crippen LogP contribution in [0.5, 0.6) is 0 Å². The minimum atomic E-state index is -0.228. The van der Waals surface area contributed by atoms with E-state index in [1.807, 2.05) is 13.0 Å². The average Bonchev–Trinajstić information content (AvgIpc) is 3.29. The van der Waals surface area contributed by atoms with Gasteiger partial charge in [0.1, 0.15) is 4.88 Å². The Bertz CT molecular complexity index is 943. The monoisotopic (exact) mass is 376 g/mol. The van der Waals surface area contributed by atoms with Crippen LogP contribution in [0.25, 0.3) is 31.0 Å². The molecular weight excluding hydrogens is 364 g/mol. The molecule has 6 heteroatoms. The van der Waals surface area contributed by atoms with Crippen LogP contribution in [0.15, 0.2) is 39.7 Å². The number of thiophene rings is 4. The molecule has 0 aliphatic heterocycles. The average molecular weight is 377 g/mol. The molecule has 0 amide bonds. The first-order chi connectivity index (χ1) is 11.3. The number of esters is 1. The number of ether oxygens (including phenoxy) is 1. The first kappa shape index (κ1) is 15.1. The number of rotatable bonds is 4. The van der Waals surface area contributed by atoms with E-state index in [2.05, 4.69) is 33.7 Å². The second-order valence-electron chi connectivity index (χ2n) is 4.85. The van der Waals surface area contributed by atoms with Gasteiger partial charge in [-0.2, -0.15) is 22.7 Å². The first-order valence-electron chi connectivity index (χ1n) is 7.06. The summed E-state index contributed by atoms with van der Waals surface area (Å²) in [6.45, 7) is 2.24. The topological polar surface area (TPSA) is 26.3 Å². The van der Waals surface area contributed by atoms with Crippen LogP contribution in [-0.2, 0) is 4.74 Å². The van der Waals surface area contributed by atoms with Crippen LogP contribution in [0.4, 0.5) is 0 Å². The summed E-state index contributed by atoms with van der Waals surface area (Å²) in [6, 6.07) is 6.27. The fourth-order valence-corrected chi connectivity index (χ4v) is 6.39. The van der Waals surface area contributed by atoms with Crippen LogP contribution in [-0.4, -0.2) is 12.6 Å². The first-order valence-corrected chi connectivity index (χ1v) is 10.6. The predicted molar refractivity (Wildman–Crippen MR) is 102 cm³/mol. The molecule has 23 heavy (non-hydrogen) atoms. The Balaban J connectivity index is 1.92. The van der Waals surface area contributed by atoms with E-state index in [1.54, 1.807) is 34.0 Å². The molecule has 4 heterocycles. The van der Waals surface area contributed by atoms with Gasteiger partial charge in [0.05, 0.1) is 11.3 Å². The van der Waals surface area contributed by atoms with Gasteiger partial charge in [-0.3, -0.25) is 0 Å². The van der Waals surface area contributed by atoms with E-state index in [9.17, 15) is 4.79 Å². The molecule has 116 valence electrons. The van der Waals surface area contributed by atoms with Crippen LogP contribution in [0.2, 0.25) is 0 Å². The van der Waals surface area contributed by atoms with Gasteiger partial charge in [0.25, 0.3) is 0 Å². The maximum Gasteiger partial charge on any atom is 0.348 e. The number of carbonyl (C=O) groups is 1. The lowest BCUT2D eigenvalue weighted by molar-refractivity contribution is 0.0532. The van der Waals surface area contributed by atoms with Crippen molar-refractivity contribution in [3.8, 4) is 21.6 Å². The van der Waals surface area contributed by atoms with Crippen molar-refractivity contribution in [3.63, 3.8) is 0 Å². The number of fused-ring (bicyclic) bond motifs is 1. The van der Waals surface area contributed by atoms with E-state index >= 15 is 0 Å². The molecule has 0 atom stereocenters. The smallest absolute Gasteiger partial charge is 0.348 e. The highest BCUT2D eigenvalue weighted by Gasteiger charge is 2.21. The zero-order valence-electron chi connectivity index (χ0n) is 12.2. The quantitative estimate of drug-likeness (QED) is 0.375. The predicted octanol–water partition coefficient (Wildman–Crippen LogP) is 6.60. The third-order valence-electron chi connectivity index (χ3n) is 3.43. The summed E-state index contributed by atoms with van der Waals surface area (Å²) in [7, 11) is 0. The Morgan fingerprint density at radius 3 is 2.48 bits per heavy atom. The summed E-state index contributed by atoms with van der Waals surface area (Å²) in [6.07, 6.45) is 0. The molecule has 0 aliphatic rings. The molecule has 0 saturated carbocycles. The van der Waals surface area contributed by atoms with Gasteiger partial charge in [0, 0.05) is 20.7 Å². The molecule has 0 radical (unpaired) electrons. The van der Waals surface area contributed by atoms with E-state index in [-0.39, 0.29) is 5.97 Å². The second-order valence-corrected chi connectivity index (χ2v) is 8.52. The molecule has 0 fully saturated rings. The normalized spacial score (nSPS) is 11.2. The Kier molecular flexibility index (Phi) is 4.07. The fraction of sp³-hybridized carbons (Fsp3) is 0.118. The van der Waals surface area contributed by atoms with Crippen molar-refractivity contribution in [1.29, 1.82) is 0 Å². The lowest BCUT2D eigenvalue weighted by atomic mass is 10.1. The Morgan fingerprint density at radius 1 is 1.09 bits per heavy atom. The Morgan fingerprint density at radius 2 is 1.83 bits per heavy atom. The van der Waals surface area contributed by atoms with Gasteiger partial charge in [-0.1, -0.05) is 0 Å². The molecule has 0 unspecified atom stereocenters. The summed E-state index contributed by atoms with van der Waals surface area (Å²) in [5.41, 5.74) is 3.71. The van der Waals surface area contributed by atoms with E-state index < -0.39 is 0 Å². The third kappa shape index (κ3) is 2.65. The number of hydrogen-bond donors (Lipinski definition) is 0. The lowest BCUT2D eigenvalue weighted by Crippen LogP contribution is -2.01. The van der Waals surface area contributed by atoms with Gasteiger partial charge in [0.2, 0.25) is 0 Å². The van der Waals surface area contributed by atoms with Crippen LogP contribution in [0.3, 0.4) is 0 Å². The summed E-state index contributed by atoms with van der Waals surface area (Å²) < 4.78 is 7.47. The number of carbonyl (C=O) groups excluding carboxylic acids is 1. The summed E-state index contributed by atoms with van der Waals surface area (Å²) in [4.78, 5) is 14.0. The SMILES string of the molecule is CCOC(=O)c1cc2sc(-c3ccsc3)c(-c3ccsc3)c2s1. The van der Waals surface area contributed by atoms with Gasteiger partial charge in [-0.05, 0) is 52.2 Å². The van der Waals surface area contributed by atoms with Gasteiger partial charge in [-0.25, -0.2) is 4.79 Å².